The van der Waals surface area contributed by atoms with Gasteiger partial charge in [0.2, 0.25) is 12.7 Å². The van der Waals surface area contributed by atoms with Gasteiger partial charge in [-0.1, -0.05) is 6.92 Å². The van der Waals surface area contributed by atoms with Crippen LogP contribution in [0.4, 0.5) is 5.69 Å². The number of likely N-dealkylation sites (tertiary alicyclic amines) is 1. The number of thiazole rings is 1. The molecule has 148 valence electrons. The second-order valence-electron chi connectivity index (χ2n) is 7.00. The Morgan fingerprint density at radius 2 is 2.00 bits per heavy atom. The lowest BCUT2D eigenvalue weighted by Gasteiger charge is -2.31. The minimum absolute atomic E-state index is 0.0202. The number of carbonyl (C=O) groups excluding carboxylic acids is 2. The van der Waals surface area contributed by atoms with E-state index in [1.165, 1.54) is 11.3 Å². The predicted octanol–water partition coefficient (Wildman–Crippen LogP) is 3.23. The SMILES string of the molecule is CCc1nc(C)c(C(=O)N2CCC(C(=O)Nc3ccc4c(c3)OCO4)CC2)s1. The van der Waals surface area contributed by atoms with Gasteiger partial charge in [-0.3, -0.25) is 9.59 Å². The van der Waals surface area contributed by atoms with Gasteiger partial charge in [-0.25, -0.2) is 4.98 Å². The Morgan fingerprint density at radius 3 is 2.71 bits per heavy atom. The minimum atomic E-state index is -0.108. The van der Waals surface area contributed by atoms with Crippen LogP contribution >= 0.6 is 11.3 Å². The molecule has 0 bridgehead atoms. The molecule has 0 spiro atoms. The van der Waals surface area contributed by atoms with E-state index in [0.717, 1.165) is 22.0 Å². The van der Waals surface area contributed by atoms with Crippen LogP contribution in [0.5, 0.6) is 11.5 Å². The molecule has 0 unspecified atom stereocenters. The first kappa shape index (κ1) is 18.7. The van der Waals surface area contributed by atoms with Crippen molar-refractivity contribution in [1.82, 2.24) is 9.88 Å². The van der Waals surface area contributed by atoms with E-state index in [2.05, 4.69) is 10.3 Å². The highest BCUT2D eigenvalue weighted by atomic mass is 32.1. The van der Waals surface area contributed by atoms with Crippen LogP contribution in [0.1, 0.15) is 40.1 Å². The molecule has 7 nitrogen and oxygen atoms in total. The van der Waals surface area contributed by atoms with E-state index >= 15 is 0 Å². The molecule has 2 aromatic rings. The number of anilines is 1. The molecular weight excluding hydrogens is 378 g/mol. The lowest BCUT2D eigenvalue weighted by Crippen LogP contribution is -2.41. The van der Waals surface area contributed by atoms with Crippen molar-refractivity contribution in [2.45, 2.75) is 33.1 Å². The van der Waals surface area contributed by atoms with Crippen LogP contribution in [0.25, 0.3) is 0 Å². The molecule has 0 atom stereocenters. The Hall–Kier alpha value is -2.61. The minimum Gasteiger partial charge on any atom is -0.454 e. The maximum atomic E-state index is 12.8. The van der Waals surface area contributed by atoms with Crippen molar-refractivity contribution >= 4 is 28.8 Å². The summed E-state index contributed by atoms with van der Waals surface area (Å²) in [6.45, 7) is 5.29. The molecule has 2 amide bonds. The molecular formula is C20H23N3O4S. The van der Waals surface area contributed by atoms with Gasteiger partial charge < -0.3 is 19.7 Å². The average Bonchev–Trinajstić information content (AvgIpc) is 3.33. The van der Waals surface area contributed by atoms with Gasteiger partial charge in [0.1, 0.15) is 4.88 Å². The fourth-order valence-corrected chi connectivity index (χ4v) is 4.48. The number of piperidine rings is 1. The average molecular weight is 401 g/mol. The zero-order chi connectivity index (χ0) is 19.7. The molecule has 1 aromatic heterocycles. The number of carbonyl (C=O) groups is 2. The van der Waals surface area contributed by atoms with E-state index in [9.17, 15) is 9.59 Å². The van der Waals surface area contributed by atoms with Crippen molar-refractivity contribution in [3.63, 3.8) is 0 Å². The summed E-state index contributed by atoms with van der Waals surface area (Å²) in [5.41, 5.74) is 1.50. The van der Waals surface area contributed by atoms with Crippen LogP contribution in [0.15, 0.2) is 18.2 Å². The highest BCUT2D eigenvalue weighted by molar-refractivity contribution is 7.13. The number of hydrogen-bond donors (Lipinski definition) is 1. The number of aryl methyl sites for hydroxylation is 2. The van der Waals surface area contributed by atoms with Gasteiger partial charge in [0.15, 0.2) is 11.5 Å². The van der Waals surface area contributed by atoms with Crippen molar-refractivity contribution < 1.29 is 19.1 Å². The number of nitrogens with zero attached hydrogens (tertiary/aromatic N) is 2. The Bertz CT molecular complexity index is 903. The van der Waals surface area contributed by atoms with Gasteiger partial charge in [0.05, 0.1) is 10.7 Å². The van der Waals surface area contributed by atoms with Gasteiger partial charge in [-0.2, -0.15) is 0 Å². The smallest absolute Gasteiger partial charge is 0.265 e. The van der Waals surface area contributed by atoms with Gasteiger partial charge in [0, 0.05) is 30.8 Å². The van der Waals surface area contributed by atoms with Crippen molar-refractivity contribution in [3.05, 3.63) is 33.8 Å². The Morgan fingerprint density at radius 1 is 1.25 bits per heavy atom. The van der Waals surface area contributed by atoms with E-state index in [1.54, 1.807) is 12.1 Å². The second kappa shape index (κ2) is 7.79. The van der Waals surface area contributed by atoms with Crippen molar-refractivity contribution in [2.75, 3.05) is 25.2 Å². The number of nitrogens with one attached hydrogen (secondary N) is 1. The first-order valence-corrected chi connectivity index (χ1v) is 10.3. The normalized spacial score (nSPS) is 16.3. The third-order valence-electron chi connectivity index (χ3n) is 5.13. The summed E-state index contributed by atoms with van der Waals surface area (Å²) >= 11 is 1.48. The molecule has 1 fully saturated rings. The summed E-state index contributed by atoms with van der Waals surface area (Å²) in [7, 11) is 0. The number of rotatable bonds is 4. The predicted molar refractivity (Wildman–Crippen MR) is 106 cm³/mol. The molecule has 1 aromatic carbocycles. The number of amides is 2. The van der Waals surface area contributed by atoms with Crippen LogP contribution in [0, 0.1) is 12.8 Å². The number of fused-ring (bicyclic) bond motifs is 1. The van der Waals surface area contributed by atoms with Crippen LogP contribution in [0.3, 0.4) is 0 Å². The molecule has 3 heterocycles. The molecule has 2 aliphatic heterocycles. The van der Waals surface area contributed by atoms with Crippen LogP contribution in [-0.4, -0.2) is 41.6 Å². The molecule has 28 heavy (non-hydrogen) atoms. The van der Waals surface area contributed by atoms with Crippen LogP contribution in [0.2, 0.25) is 0 Å². The van der Waals surface area contributed by atoms with Gasteiger partial charge in [-0.05, 0) is 38.3 Å². The summed E-state index contributed by atoms with van der Waals surface area (Å²) in [6.07, 6.45) is 2.14. The third-order valence-corrected chi connectivity index (χ3v) is 6.42. The first-order valence-electron chi connectivity index (χ1n) is 9.51. The summed E-state index contributed by atoms with van der Waals surface area (Å²) in [6, 6.07) is 5.37. The first-order chi connectivity index (χ1) is 13.5. The second-order valence-corrected chi connectivity index (χ2v) is 8.08. The van der Waals surface area contributed by atoms with Crippen LogP contribution in [-0.2, 0) is 11.2 Å². The zero-order valence-corrected chi connectivity index (χ0v) is 16.8. The van der Waals surface area contributed by atoms with Crippen molar-refractivity contribution in [3.8, 4) is 11.5 Å². The molecule has 1 saturated heterocycles. The van der Waals surface area contributed by atoms with Crippen LogP contribution < -0.4 is 14.8 Å². The fraction of sp³-hybridized carbons (Fsp3) is 0.450. The van der Waals surface area contributed by atoms with Crippen molar-refractivity contribution in [2.24, 2.45) is 5.92 Å². The highest BCUT2D eigenvalue weighted by Gasteiger charge is 2.29. The highest BCUT2D eigenvalue weighted by Crippen LogP contribution is 2.34. The maximum Gasteiger partial charge on any atom is 0.265 e. The molecule has 8 heteroatoms. The van der Waals surface area contributed by atoms with Gasteiger partial charge in [-0.15, -0.1) is 11.3 Å². The summed E-state index contributed by atoms with van der Waals surface area (Å²) < 4.78 is 10.6. The number of hydrogen-bond acceptors (Lipinski definition) is 6. The standard InChI is InChI=1S/C20H23N3O4S/c1-3-17-21-12(2)18(28-17)20(25)23-8-6-13(7-9-23)19(24)22-14-4-5-15-16(10-14)27-11-26-15/h4-5,10,13H,3,6-9,11H2,1-2H3,(H,22,24). The topological polar surface area (TPSA) is 80.8 Å². The molecule has 1 N–H and O–H groups in total. The number of ether oxygens (including phenoxy) is 2. The number of benzene rings is 1. The Labute approximate surface area is 167 Å². The molecule has 4 rings (SSSR count). The summed E-state index contributed by atoms with van der Waals surface area (Å²) in [5.74, 6) is 1.24. The lowest BCUT2D eigenvalue weighted by molar-refractivity contribution is -0.121. The zero-order valence-electron chi connectivity index (χ0n) is 16.0. The fourth-order valence-electron chi connectivity index (χ4n) is 3.51. The van der Waals surface area contributed by atoms with E-state index in [4.69, 9.17) is 9.47 Å². The van der Waals surface area contributed by atoms with E-state index in [-0.39, 0.29) is 24.5 Å². The maximum absolute atomic E-state index is 12.8. The quantitative estimate of drug-likeness (QED) is 0.851. The Kier molecular flexibility index (Phi) is 5.21. The molecule has 0 saturated carbocycles. The number of aromatic nitrogens is 1. The summed E-state index contributed by atoms with van der Waals surface area (Å²) in [5, 5.41) is 3.94. The van der Waals surface area contributed by atoms with E-state index in [1.807, 2.05) is 24.8 Å². The lowest BCUT2D eigenvalue weighted by atomic mass is 9.95. The van der Waals surface area contributed by atoms with E-state index < -0.39 is 0 Å². The van der Waals surface area contributed by atoms with Gasteiger partial charge >= 0.3 is 0 Å². The van der Waals surface area contributed by atoms with E-state index in [0.29, 0.717) is 43.1 Å². The molecule has 0 aliphatic carbocycles. The largest absolute Gasteiger partial charge is 0.454 e. The summed E-state index contributed by atoms with van der Waals surface area (Å²) in [4.78, 5) is 32.4. The monoisotopic (exact) mass is 401 g/mol. The third kappa shape index (κ3) is 3.69. The Balaban J connectivity index is 1.34. The molecule has 2 aliphatic rings. The molecule has 0 radical (unpaired) electrons. The van der Waals surface area contributed by atoms with Crippen molar-refractivity contribution in [1.29, 1.82) is 0 Å². The van der Waals surface area contributed by atoms with Gasteiger partial charge in [0.25, 0.3) is 5.91 Å².